The van der Waals surface area contributed by atoms with Crippen LogP contribution in [0.2, 0.25) is 5.02 Å². The van der Waals surface area contributed by atoms with Gasteiger partial charge in [-0.05, 0) is 24.6 Å². The highest BCUT2D eigenvalue weighted by Gasteiger charge is 2.26. The van der Waals surface area contributed by atoms with Crippen LogP contribution in [-0.2, 0) is 11.3 Å². The van der Waals surface area contributed by atoms with E-state index in [4.69, 9.17) is 21.8 Å². The van der Waals surface area contributed by atoms with Gasteiger partial charge in [0.05, 0.1) is 13.1 Å². The number of amides is 1. The van der Waals surface area contributed by atoms with Crippen LogP contribution in [0.1, 0.15) is 24.0 Å². The van der Waals surface area contributed by atoms with Crippen LogP contribution in [0.25, 0.3) is 11.0 Å². The fourth-order valence-corrected chi connectivity index (χ4v) is 3.41. The maximum atomic E-state index is 11.8. The topological polar surface area (TPSA) is 77.7 Å². The molecule has 1 aliphatic heterocycles. The molecule has 1 fully saturated rings. The van der Waals surface area contributed by atoms with Gasteiger partial charge in [0.1, 0.15) is 12.1 Å². The van der Waals surface area contributed by atoms with Crippen molar-refractivity contribution >= 4 is 28.5 Å². The van der Waals surface area contributed by atoms with Crippen molar-refractivity contribution in [2.45, 2.75) is 26.3 Å². The van der Waals surface area contributed by atoms with Gasteiger partial charge in [-0.25, -0.2) is 4.79 Å². The maximum Gasteiger partial charge on any atom is 0.336 e. The van der Waals surface area contributed by atoms with E-state index >= 15 is 0 Å². The molecule has 0 aliphatic carbocycles. The number of aryl methyl sites for hydroxylation is 1. The summed E-state index contributed by atoms with van der Waals surface area (Å²) in [6.45, 7) is 4.34. The maximum absolute atomic E-state index is 11.8. The Hall–Kier alpha value is -1.85. The van der Waals surface area contributed by atoms with E-state index in [9.17, 15) is 9.59 Å². The predicted octanol–water partition coefficient (Wildman–Crippen LogP) is 1.04. The van der Waals surface area contributed by atoms with E-state index in [0.29, 0.717) is 17.2 Å². The first-order valence-electron chi connectivity index (χ1n) is 7.80. The SMILES string of the molecule is Cc1cc2oc(=O)cc(C[NH+]3CCC(C(N)=O)CC3)c2cc1Cl. The number of halogens is 1. The molecule has 0 bridgehead atoms. The van der Waals surface area contributed by atoms with Crippen molar-refractivity contribution < 1.29 is 14.1 Å². The number of likely N-dealkylation sites (tertiary alicyclic amines) is 1. The molecule has 6 heteroatoms. The lowest BCUT2D eigenvalue weighted by Gasteiger charge is -2.27. The number of hydrogen-bond acceptors (Lipinski definition) is 3. The number of carbonyl (C=O) groups is 1. The lowest BCUT2D eigenvalue weighted by atomic mass is 9.96. The zero-order chi connectivity index (χ0) is 16.6. The summed E-state index contributed by atoms with van der Waals surface area (Å²) in [5.41, 5.74) is 7.42. The van der Waals surface area contributed by atoms with Crippen LogP contribution in [0.3, 0.4) is 0 Å². The normalized spacial score (nSPS) is 21.5. The average Bonchev–Trinajstić information content (AvgIpc) is 2.50. The van der Waals surface area contributed by atoms with Crippen LogP contribution >= 0.6 is 11.6 Å². The van der Waals surface area contributed by atoms with E-state index in [2.05, 4.69) is 0 Å². The second-order valence-corrected chi connectivity index (χ2v) is 6.70. The number of fused-ring (bicyclic) bond motifs is 1. The second kappa shape index (κ2) is 6.34. The lowest BCUT2D eigenvalue weighted by Crippen LogP contribution is -3.11. The molecule has 1 aromatic carbocycles. The number of piperidine rings is 1. The van der Waals surface area contributed by atoms with E-state index in [-0.39, 0.29) is 17.5 Å². The first-order chi connectivity index (χ1) is 10.9. The minimum atomic E-state index is -0.347. The van der Waals surface area contributed by atoms with Crippen LogP contribution in [0.15, 0.2) is 27.4 Å². The van der Waals surface area contributed by atoms with Gasteiger partial charge in [-0.1, -0.05) is 11.6 Å². The monoisotopic (exact) mass is 335 g/mol. The third kappa shape index (κ3) is 3.41. The summed E-state index contributed by atoms with van der Waals surface area (Å²) in [6, 6.07) is 5.21. The van der Waals surface area contributed by atoms with Crippen molar-refractivity contribution in [3.8, 4) is 0 Å². The molecule has 0 spiro atoms. The Morgan fingerprint density at radius 3 is 2.70 bits per heavy atom. The third-order valence-electron chi connectivity index (χ3n) is 4.64. The molecular formula is C17H20ClN2O3+. The van der Waals surface area contributed by atoms with Crippen molar-refractivity contribution in [2.75, 3.05) is 13.1 Å². The number of carbonyl (C=O) groups excluding carboxylic acids is 1. The Bertz CT molecular complexity index is 807. The molecule has 3 rings (SSSR count). The highest BCUT2D eigenvalue weighted by Crippen LogP contribution is 2.25. The number of hydrogen-bond donors (Lipinski definition) is 2. The van der Waals surface area contributed by atoms with Gasteiger partial charge >= 0.3 is 5.63 Å². The molecule has 1 aromatic heterocycles. The fraction of sp³-hybridized carbons (Fsp3) is 0.412. The van der Waals surface area contributed by atoms with E-state index in [1.165, 1.54) is 4.90 Å². The molecule has 1 amide bonds. The Morgan fingerprint density at radius 2 is 2.04 bits per heavy atom. The molecule has 122 valence electrons. The smallest absolute Gasteiger partial charge is 0.336 e. The molecule has 0 saturated carbocycles. The first kappa shape index (κ1) is 16.0. The lowest BCUT2D eigenvalue weighted by molar-refractivity contribution is -0.919. The largest absolute Gasteiger partial charge is 0.423 e. The van der Waals surface area contributed by atoms with Gasteiger partial charge in [0, 0.05) is 40.8 Å². The van der Waals surface area contributed by atoms with Crippen molar-refractivity contribution in [1.82, 2.24) is 0 Å². The summed E-state index contributed by atoms with van der Waals surface area (Å²) in [6.07, 6.45) is 1.59. The summed E-state index contributed by atoms with van der Waals surface area (Å²) in [7, 11) is 0. The average molecular weight is 336 g/mol. The Labute approximate surface area is 139 Å². The van der Waals surface area contributed by atoms with Gasteiger partial charge in [-0.15, -0.1) is 0 Å². The standard InChI is InChI=1S/C17H19ClN2O3/c1-10-6-15-13(8-14(10)18)12(7-16(21)23-15)9-20-4-2-11(3-5-20)17(19)22/h6-8,11H,2-5,9H2,1H3,(H2,19,22)/p+1. The zero-order valence-corrected chi connectivity index (χ0v) is 13.8. The summed E-state index contributed by atoms with van der Waals surface area (Å²) in [5.74, 6) is -0.231. The molecule has 5 nitrogen and oxygen atoms in total. The summed E-state index contributed by atoms with van der Waals surface area (Å²) in [4.78, 5) is 24.4. The van der Waals surface area contributed by atoms with Crippen LogP contribution in [-0.4, -0.2) is 19.0 Å². The van der Waals surface area contributed by atoms with Crippen LogP contribution in [0.5, 0.6) is 0 Å². The third-order valence-corrected chi connectivity index (χ3v) is 5.05. The van der Waals surface area contributed by atoms with Crippen molar-refractivity contribution in [3.05, 3.63) is 44.8 Å². The van der Waals surface area contributed by atoms with E-state index in [1.54, 1.807) is 12.1 Å². The summed E-state index contributed by atoms with van der Waals surface area (Å²) < 4.78 is 5.29. The molecule has 2 aromatic rings. The Morgan fingerprint density at radius 1 is 1.35 bits per heavy atom. The molecular weight excluding hydrogens is 316 g/mol. The molecule has 1 aliphatic rings. The van der Waals surface area contributed by atoms with E-state index in [0.717, 1.165) is 42.4 Å². The Balaban J connectivity index is 1.87. The van der Waals surface area contributed by atoms with Gasteiger partial charge in [0.2, 0.25) is 5.91 Å². The number of primary amides is 1. The molecule has 3 N–H and O–H groups in total. The molecule has 1 saturated heterocycles. The van der Waals surface area contributed by atoms with Gasteiger partial charge in [0.15, 0.2) is 0 Å². The minimum Gasteiger partial charge on any atom is -0.423 e. The fourth-order valence-electron chi connectivity index (χ4n) is 3.25. The number of rotatable bonds is 3. The van der Waals surface area contributed by atoms with Gasteiger partial charge < -0.3 is 15.1 Å². The highest BCUT2D eigenvalue weighted by molar-refractivity contribution is 6.32. The van der Waals surface area contributed by atoms with Crippen molar-refractivity contribution in [2.24, 2.45) is 11.7 Å². The molecule has 0 atom stereocenters. The number of benzene rings is 1. The second-order valence-electron chi connectivity index (χ2n) is 6.29. The van der Waals surface area contributed by atoms with Crippen LogP contribution in [0, 0.1) is 12.8 Å². The van der Waals surface area contributed by atoms with Crippen molar-refractivity contribution in [3.63, 3.8) is 0 Å². The van der Waals surface area contributed by atoms with Crippen molar-refractivity contribution in [1.29, 1.82) is 0 Å². The van der Waals surface area contributed by atoms with Crippen LogP contribution in [0.4, 0.5) is 0 Å². The Kier molecular flexibility index (Phi) is 4.41. The highest BCUT2D eigenvalue weighted by atomic mass is 35.5. The van der Waals surface area contributed by atoms with Gasteiger partial charge in [0.25, 0.3) is 0 Å². The molecule has 0 unspecified atom stereocenters. The molecule has 23 heavy (non-hydrogen) atoms. The minimum absolute atomic E-state index is 0.0200. The number of quaternary nitrogens is 1. The van der Waals surface area contributed by atoms with Gasteiger partial charge in [-0.2, -0.15) is 0 Å². The first-order valence-corrected chi connectivity index (χ1v) is 8.17. The zero-order valence-electron chi connectivity index (χ0n) is 13.0. The quantitative estimate of drug-likeness (QED) is 0.823. The summed E-state index contributed by atoms with van der Waals surface area (Å²) >= 11 is 6.22. The van der Waals surface area contributed by atoms with Gasteiger partial charge in [-0.3, -0.25) is 4.79 Å². The molecule has 2 heterocycles. The predicted molar refractivity (Wildman–Crippen MR) is 88.6 cm³/mol. The number of nitrogens with two attached hydrogens (primary N) is 1. The number of nitrogens with one attached hydrogen (secondary N) is 1. The van der Waals surface area contributed by atoms with E-state index in [1.807, 2.05) is 13.0 Å². The summed E-state index contributed by atoms with van der Waals surface area (Å²) in [5, 5.41) is 1.54. The van der Waals surface area contributed by atoms with Crippen LogP contribution < -0.4 is 16.3 Å². The molecule has 0 radical (unpaired) electrons. The van der Waals surface area contributed by atoms with E-state index < -0.39 is 0 Å².